The number of hydrazine groups is 1. The van der Waals surface area contributed by atoms with Crippen LogP contribution in [-0.2, 0) is 0 Å². The molecule has 3 aromatic rings. The van der Waals surface area contributed by atoms with E-state index in [0.717, 1.165) is 16.6 Å². The zero-order valence-electron chi connectivity index (χ0n) is 9.54. The van der Waals surface area contributed by atoms with E-state index in [4.69, 9.17) is 5.84 Å². The molecule has 0 spiro atoms. The van der Waals surface area contributed by atoms with Crippen molar-refractivity contribution in [2.75, 3.05) is 5.43 Å². The van der Waals surface area contributed by atoms with Crippen molar-refractivity contribution in [3.63, 3.8) is 0 Å². The fraction of sp³-hybridized carbons (Fsp3) is 0. The van der Waals surface area contributed by atoms with E-state index in [1.807, 2.05) is 36.4 Å². The standard InChI is InChI=1S/C13H11N5/c14-18-12-7-8-15-13(17-12)11-6-5-9-3-1-2-4-10(9)16-11/h1-8H,14H2,(H,15,17,18). The topological polar surface area (TPSA) is 76.7 Å². The quantitative estimate of drug-likeness (QED) is 0.526. The summed E-state index contributed by atoms with van der Waals surface area (Å²) in [6.45, 7) is 0. The minimum absolute atomic E-state index is 0.552. The second kappa shape index (κ2) is 4.38. The monoisotopic (exact) mass is 237 g/mol. The maximum absolute atomic E-state index is 5.33. The molecule has 2 heterocycles. The number of rotatable bonds is 2. The van der Waals surface area contributed by atoms with Crippen LogP contribution in [0.3, 0.4) is 0 Å². The first-order valence-electron chi connectivity index (χ1n) is 5.52. The van der Waals surface area contributed by atoms with Gasteiger partial charge >= 0.3 is 0 Å². The third-order valence-electron chi connectivity index (χ3n) is 2.63. The number of nitrogen functional groups attached to an aromatic ring is 1. The zero-order valence-corrected chi connectivity index (χ0v) is 9.54. The molecule has 0 unspecified atom stereocenters. The molecule has 88 valence electrons. The molecule has 0 fully saturated rings. The summed E-state index contributed by atoms with van der Waals surface area (Å²) >= 11 is 0. The molecule has 3 N–H and O–H groups in total. The lowest BCUT2D eigenvalue weighted by Crippen LogP contribution is -2.09. The van der Waals surface area contributed by atoms with Crippen molar-refractivity contribution in [1.29, 1.82) is 0 Å². The van der Waals surface area contributed by atoms with Crippen LogP contribution in [0.1, 0.15) is 0 Å². The van der Waals surface area contributed by atoms with Crippen molar-refractivity contribution >= 4 is 16.7 Å². The summed E-state index contributed by atoms with van der Waals surface area (Å²) in [5.41, 5.74) is 4.14. The normalized spacial score (nSPS) is 10.5. The molecule has 0 bridgehead atoms. The third kappa shape index (κ3) is 1.87. The molecule has 5 heteroatoms. The van der Waals surface area contributed by atoms with Crippen molar-refractivity contribution < 1.29 is 0 Å². The van der Waals surface area contributed by atoms with Crippen LogP contribution in [0, 0.1) is 0 Å². The maximum Gasteiger partial charge on any atom is 0.180 e. The molecule has 0 saturated carbocycles. The van der Waals surface area contributed by atoms with Gasteiger partial charge in [-0.2, -0.15) is 0 Å². The lowest BCUT2D eigenvalue weighted by Gasteiger charge is -2.03. The number of benzene rings is 1. The van der Waals surface area contributed by atoms with Gasteiger partial charge in [-0.15, -0.1) is 0 Å². The Labute approximate surface area is 104 Å². The number of nitrogens with one attached hydrogen (secondary N) is 1. The smallest absolute Gasteiger partial charge is 0.180 e. The van der Waals surface area contributed by atoms with Crippen LogP contribution in [-0.4, -0.2) is 15.0 Å². The van der Waals surface area contributed by atoms with E-state index in [1.165, 1.54) is 0 Å². The van der Waals surface area contributed by atoms with E-state index in [9.17, 15) is 0 Å². The Morgan fingerprint density at radius 1 is 0.944 bits per heavy atom. The molecule has 5 nitrogen and oxygen atoms in total. The molecule has 0 saturated heterocycles. The van der Waals surface area contributed by atoms with Gasteiger partial charge in [0.2, 0.25) is 0 Å². The van der Waals surface area contributed by atoms with Crippen molar-refractivity contribution in [2.45, 2.75) is 0 Å². The van der Waals surface area contributed by atoms with Crippen LogP contribution in [0.5, 0.6) is 0 Å². The Balaban J connectivity index is 2.13. The van der Waals surface area contributed by atoms with Gasteiger partial charge in [0.1, 0.15) is 11.5 Å². The van der Waals surface area contributed by atoms with Crippen LogP contribution < -0.4 is 11.3 Å². The zero-order chi connectivity index (χ0) is 12.4. The van der Waals surface area contributed by atoms with E-state index in [2.05, 4.69) is 20.4 Å². The first-order chi connectivity index (χ1) is 8.86. The van der Waals surface area contributed by atoms with E-state index in [-0.39, 0.29) is 0 Å². The number of hydrogen-bond acceptors (Lipinski definition) is 5. The largest absolute Gasteiger partial charge is 0.308 e. The van der Waals surface area contributed by atoms with E-state index >= 15 is 0 Å². The van der Waals surface area contributed by atoms with Gasteiger partial charge in [-0.1, -0.05) is 24.3 Å². The van der Waals surface area contributed by atoms with Crippen LogP contribution in [0.4, 0.5) is 5.82 Å². The Bertz CT molecular complexity index is 696. The summed E-state index contributed by atoms with van der Waals surface area (Å²) in [4.78, 5) is 13.0. The Kier molecular flexibility index (Phi) is 2.59. The van der Waals surface area contributed by atoms with Crippen molar-refractivity contribution in [3.05, 3.63) is 48.7 Å². The molecule has 3 rings (SSSR count). The highest BCUT2D eigenvalue weighted by molar-refractivity contribution is 5.80. The average molecular weight is 237 g/mol. The number of fused-ring (bicyclic) bond motifs is 1. The SMILES string of the molecule is NNc1ccnc(-c2ccc3ccccc3n2)n1. The fourth-order valence-corrected chi connectivity index (χ4v) is 1.75. The van der Waals surface area contributed by atoms with Gasteiger partial charge in [-0.3, -0.25) is 0 Å². The number of pyridine rings is 1. The number of anilines is 1. The number of aromatic nitrogens is 3. The minimum Gasteiger partial charge on any atom is -0.308 e. The predicted molar refractivity (Wildman–Crippen MR) is 70.6 cm³/mol. The number of nitrogens with zero attached hydrogens (tertiary/aromatic N) is 3. The first-order valence-corrected chi connectivity index (χ1v) is 5.52. The Morgan fingerprint density at radius 3 is 2.72 bits per heavy atom. The number of hydrogen-bond donors (Lipinski definition) is 2. The van der Waals surface area contributed by atoms with Crippen molar-refractivity contribution in [2.24, 2.45) is 5.84 Å². The van der Waals surface area contributed by atoms with E-state index in [1.54, 1.807) is 12.3 Å². The Morgan fingerprint density at radius 2 is 1.83 bits per heavy atom. The third-order valence-corrected chi connectivity index (χ3v) is 2.63. The van der Waals surface area contributed by atoms with Gasteiger partial charge in [-0.05, 0) is 12.1 Å². The molecule has 1 aromatic carbocycles. The minimum atomic E-state index is 0.552. The summed E-state index contributed by atoms with van der Waals surface area (Å²) in [7, 11) is 0. The highest BCUT2D eigenvalue weighted by Gasteiger charge is 2.04. The molecule has 0 aliphatic heterocycles. The van der Waals surface area contributed by atoms with Gasteiger partial charge in [0.05, 0.1) is 5.52 Å². The number of para-hydroxylation sites is 1. The molecule has 0 aliphatic carbocycles. The summed E-state index contributed by atoms with van der Waals surface area (Å²) in [5, 5.41) is 1.09. The van der Waals surface area contributed by atoms with Crippen molar-refractivity contribution in [1.82, 2.24) is 15.0 Å². The summed E-state index contributed by atoms with van der Waals surface area (Å²) in [6.07, 6.45) is 1.65. The molecule has 2 aromatic heterocycles. The molecule has 0 amide bonds. The fourth-order valence-electron chi connectivity index (χ4n) is 1.75. The van der Waals surface area contributed by atoms with E-state index < -0.39 is 0 Å². The molecule has 0 aliphatic rings. The predicted octanol–water partition coefficient (Wildman–Crippen LogP) is 1.98. The maximum atomic E-state index is 5.33. The average Bonchev–Trinajstić information content (AvgIpc) is 2.47. The lowest BCUT2D eigenvalue weighted by atomic mass is 10.2. The van der Waals surface area contributed by atoms with Gasteiger partial charge in [0.15, 0.2) is 5.82 Å². The second-order valence-electron chi connectivity index (χ2n) is 3.80. The van der Waals surface area contributed by atoms with Crippen LogP contribution >= 0.6 is 0 Å². The highest BCUT2D eigenvalue weighted by atomic mass is 15.3. The first kappa shape index (κ1) is 10.6. The van der Waals surface area contributed by atoms with Gasteiger partial charge in [-0.25, -0.2) is 20.8 Å². The van der Waals surface area contributed by atoms with Gasteiger partial charge in [0, 0.05) is 17.6 Å². The highest BCUT2D eigenvalue weighted by Crippen LogP contribution is 2.18. The summed E-state index contributed by atoms with van der Waals surface area (Å²) in [5.74, 6) is 6.44. The molecular weight excluding hydrogens is 226 g/mol. The summed E-state index contributed by atoms with van der Waals surface area (Å²) in [6, 6.07) is 13.5. The molecule has 18 heavy (non-hydrogen) atoms. The van der Waals surface area contributed by atoms with Gasteiger partial charge in [0.25, 0.3) is 0 Å². The van der Waals surface area contributed by atoms with Crippen LogP contribution in [0.25, 0.3) is 22.4 Å². The molecule has 0 atom stereocenters. The van der Waals surface area contributed by atoms with Crippen LogP contribution in [0.15, 0.2) is 48.7 Å². The lowest BCUT2D eigenvalue weighted by molar-refractivity contribution is 1.13. The molecule has 0 radical (unpaired) electrons. The number of nitrogens with two attached hydrogens (primary N) is 1. The van der Waals surface area contributed by atoms with Crippen LogP contribution in [0.2, 0.25) is 0 Å². The van der Waals surface area contributed by atoms with Gasteiger partial charge < -0.3 is 5.43 Å². The Hall–Kier alpha value is -2.53. The second-order valence-corrected chi connectivity index (χ2v) is 3.80. The molecular formula is C13H11N5. The summed E-state index contributed by atoms with van der Waals surface area (Å²) < 4.78 is 0. The van der Waals surface area contributed by atoms with E-state index in [0.29, 0.717) is 11.6 Å². The van der Waals surface area contributed by atoms with Crippen molar-refractivity contribution in [3.8, 4) is 11.5 Å².